The van der Waals surface area contributed by atoms with Crippen molar-refractivity contribution in [1.29, 1.82) is 0 Å². The van der Waals surface area contributed by atoms with Crippen LogP contribution in [0.1, 0.15) is 11.1 Å². The molecule has 0 fully saturated rings. The van der Waals surface area contributed by atoms with Crippen LogP contribution in [-0.2, 0) is 7.05 Å². The lowest BCUT2D eigenvalue weighted by atomic mass is 9.93. The zero-order valence-corrected chi connectivity index (χ0v) is 11.9. The van der Waals surface area contributed by atoms with Gasteiger partial charge < -0.3 is 4.74 Å². The Morgan fingerprint density at radius 1 is 0.950 bits per heavy atom. The summed E-state index contributed by atoms with van der Waals surface area (Å²) >= 11 is 0. The number of pyridine rings is 1. The minimum absolute atomic E-state index is 0.961. The fourth-order valence-corrected chi connectivity index (χ4v) is 3.09. The normalized spacial score (nSPS) is 12.2. The molecule has 0 spiro atoms. The van der Waals surface area contributed by atoms with Gasteiger partial charge in [-0.3, -0.25) is 0 Å². The summed E-state index contributed by atoms with van der Waals surface area (Å²) in [7, 11) is 2.08. The minimum atomic E-state index is 0.961. The van der Waals surface area contributed by atoms with E-state index in [4.69, 9.17) is 4.74 Å². The average molecular weight is 262 g/mol. The van der Waals surface area contributed by atoms with Crippen molar-refractivity contribution >= 4 is 10.8 Å². The van der Waals surface area contributed by atoms with Crippen LogP contribution in [0, 0.1) is 13.8 Å². The molecule has 2 heteroatoms. The summed E-state index contributed by atoms with van der Waals surface area (Å²) in [6, 6.07) is 12.7. The molecule has 4 rings (SSSR count). The largest absolute Gasteiger partial charge is 0.449 e. The van der Waals surface area contributed by atoms with Crippen LogP contribution in [0.25, 0.3) is 22.0 Å². The lowest BCUT2D eigenvalue weighted by Gasteiger charge is -2.21. The summed E-state index contributed by atoms with van der Waals surface area (Å²) in [4.78, 5) is 0. The Balaban J connectivity index is 2.26. The van der Waals surface area contributed by atoms with Gasteiger partial charge in [0.25, 0.3) is 5.69 Å². The van der Waals surface area contributed by atoms with Crippen LogP contribution in [0.3, 0.4) is 0 Å². The first-order valence-electron chi connectivity index (χ1n) is 6.86. The molecule has 0 saturated heterocycles. The number of benzene rings is 2. The minimum Gasteiger partial charge on any atom is -0.449 e. The lowest BCUT2D eigenvalue weighted by molar-refractivity contribution is -0.660. The molecule has 2 nitrogen and oxygen atoms in total. The SMILES string of the molecule is Cc1cc[n+](C)c2c1Oc1cccc3ccc(C)c-2c13. The van der Waals surface area contributed by atoms with E-state index in [2.05, 4.69) is 68.1 Å². The highest BCUT2D eigenvalue weighted by Crippen LogP contribution is 2.47. The number of nitrogens with zero attached hydrogens (tertiary/aromatic N) is 1. The molecular weight excluding hydrogens is 246 g/mol. The van der Waals surface area contributed by atoms with E-state index in [0.717, 1.165) is 11.5 Å². The first-order valence-corrected chi connectivity index (χ1v) is 6.86. The zero-order chi connectivity index (χ0) is 13.9. The third kappa shape index (κ3) is 1.36. The molecule has 2 heterocycles. The Morgan fingerprint density at radius 2 is 1.80 bits per heavy atom. The van der Waals surface area contributed by atoms with Crippen LogP contribution in [0.15, 0.2) is 42.6 Å². The van der Waals surface area contributed by atoms with Gasteiger partial charge in [0.15, 0.2) is 6.20 Å². The van der Waals surface area contributed by atoms with Gasteiger partial charge in [-0.1, -0.05) is 24.3 Å². The molecule has 0 atom stereocenters. The summed E-state index contributed by atoms with van der Waals surface area (Å²) in [6.45, 7) is 4.27. The third-order valence-corrected chi connectivity index (χ3v) is 4.14. The van der Waals surface area contributed by atoms with E-state index in [1.807, 2.05) is 0 Å². The molecule has 2 aromatic carbocycles. The van der Waals surface area contributed by atoms with Crippen LogP contribution in [-0.4, -0.2) is 0 Å². The fraction of sp³-hybridized carbons (Fsp3) is 0.167. The number of aryl methyl sites for hydroxylation is 3. The van der Waals surface area contributed by atoms with Crippen LogP contribution in [0.2, 0.25) is 0 Å². The summed E-state index contributed by atoms with van der Waals surface area (Å²) in [5, 5.41) is 2.46. The highest BCUT2D eigenvalue weighted by molar-refractivity contribution is 6.04. The van der Waals surface area contributed by atoms with E-state index in [1.54, 1.807) is 0 Å². The van der Waals surface area contributed by atoms with Crippen molar-refractivity contribution in [3.05, 3.63) is 53.7 Å². The van der Waals surface area contributed by atoms with Crippen molar-refractivity contribution in [3.8, 4) is 22.8 Å². The van der Waals surface area contributed by atoms with Gasteiger partial charge in [-0.05, 0) is 30.9 Å². The average Bonchev–Trinajstić information content (AvgIpc) is 2.46. The zero-order valence-electron chi connectivity index (χ0n) is 11.9. The molecule has 0 amide bonds. The molecule has 20 heavy (non-hydrogen) atoms. The van der Waals surface area contributed by atoms with Crippen molar-refractivity contribution in [1.82, 2.24) is 0 Å². The molecule has 0 bridgehead atoms. The van der Waals surface area contributed by atoms with Crippen LogP contribution in [0.5, 0.6) is 11.5 Å². The maximum Gasteiger partial charge on any atom is 0.256 e. The van der Waals surface area contributed by atoms with Gasteiger partial charge in [0.2, 0.25) is 5.75 Å². The van der Waals surface area contributed by atoms with E-state index in [9.17, 15) is 0 Å². The monoisotopic (exact) mass is 262 g/mol. The number of fused-ring (bicyclic) bond motifs is 2. The van der Waals surface area contributed by atoms with E-state index in [1.165, 1.54) is 33.2 Å². The van der Waals surface area contributed by atoms with Gasteiger partial charge in [-0.2, -0.15) is 4.57 Å². The number of hydrogen-bond acceptors (Lipinski definition) is 1. The van der Waals surface area contributed by atoms with Crippen molar-refractivity contribution < 1.29 is 9.30 Å². The molecule has 1 aliphatic heterocycles. The number of rotatable bonds is 0. The van der Waals surface area contributed by atoms with Crippen molar-refractivity contribution in [3.63, 3.8) is 0 Å². The first-order chi connectivity index (χ1) is 9.66. The summed E-state index contributed by atoms with van der Waals surface area (Å²) in [5.41, 5.74) is 4.93. The highest BCUT2D eigenvalue weighted by atomic mass is 16.5. The summed E-state index contributed by atoms with van der Waals surface area (Å²) < 4.78 is 8.35. The van der Waals surface area contributed by atoms with Gasteiger partial charge >= 0.3 is 0 Å². The molecule has 0 aliphatic carbocycles. The van der Waals surface area contributed by atoms with E-state index in [0.29, 0.717) is 0 Å². The Labute approximate surface area is 118 Å². The molecule has 1 aromatic heterocycles. The Hall–Kier alpha value is -2.35. The smallest absolute Gasteiger partial charge is 0.256 e. The lowest BCUT2D eigenvalue weighted by Crippen LogP contribution is -2.32. The summed E-state index contributed by atoms with van der Waals surface area (Å²) in [5.74, 6) is 1.94. The predicted molar refractivity (Wildman–Crippen MR) is 80.1 cm³/mol. The van der Waals surface area contributed by atoms with Crippen LogP contribution < -0.4 is 9.30 Å². The number of aromatic nitrogens is 1. The van der Waals surface area contributed by atoms with Crippen molar-refractivity contribution in [2.45, 2.75) is 13.8 Å². The molecule has 0 unspecified atom stereocenters. The highest BCUT2D eigenvalue weighted by Gasteiger charge is 2.29. The predicted octanol–water partition coefficient (Wildman–Crippen LogP) is 4.05. The maximum absolute atomic E-state index is 6.20. The molecule has 0 radical (unpaired) electrons. The summed E-state index contributed by atoms with van der Waals surface area (Å²) in [6.07, 6.45) is 2.10. The molecule has 0 saturated carbocycles. The van der Waals surface area contributed by atoms with Crippen LogP contribution >= 0.6 is 0 Å². The Morgan fingerprint density at radius 3 is 2.65 bits per heavy atom. The van der Waals surface area contributed by atoms with Crippen LogP contribution in [0.4, 0.5) is 0 Å². The second-order valence-electron chi connectivity index (χ2n) is 5.50. The van der Waals surface area contributed by atoms with Gasteiger partial charge in [-0.15, -0.1) is 0 Å². The van der Waals surface area contributed by atoms with E-state index >= 15 is 0 Å². The van der Waals surface area contributed by atoms with Gasteiger partial charge in [0, 0.05) is 17.0 Å². The van der Waals surface area contributed by atoms with E-state index in [-0.39, 0.29) is 0 Å². The molecular formula is C18H16NO+. The van der Waals surface area contributed by atoms with Gasteiger partial charge in [0.05, 0.1) is 5.56 Å². The second kappa shape index (κ2) is 3.83. The van der Waals surface area contributed by atoms with Crippen molar-refractivity contribution in [2.24, 2.45) is 7.05 Å². The molecule has 1 aliphatic rings. The van der Waals surface area contributed by atoms with Crippen molar-refractivity contribution in [2.75, 3.05) is 0 Å². The van der Waals surface area contributed by atoms with Gasteiger partial charge in [0.1, 0.15) is 12.8 Å². The quantitative estimate of drug-likeness (QED) is 0.436. The number of ether oxygens (including phenoxy) is 1. The maximum atomic E-state index is 6.20. The standard InChI is InChI=1S/C18H16NO/c1-11-7-8-13-5-4-6-14-16(13)15(11)17-18(20-14)12(2)9-10-19(17)3/h4-10H,1-3H3/q+1. The Kier molecular flexibility index (Phi) is 2.19. The topological polar surface area (TPSA) is 13.1 Å². The van der Waals surface area contributed by atoms with E-state index < -0.39 is 0 Å². The number of hydrogen-bond donors (Lipinski definition) is 0. The molecule has 98 valence electrons. The molecule has 3 aromatic rings. The second-order valence-corrected chi connectivity index (χ2v) is 5.50. The first kappa shape index (κ1) is 11.5. The third-order valence-electron chi connectivity index (χ3n) is 4.14. The molecule has 0 N–H and O–H groups in total. The van der Waals surface area contributed by atoms with Gasteiger partial charge in [-0.25, -0.2) is 0 Å². The Bertz CT molecular complexity index is 865. The fourth-order valence-electron chi connectivity index (χ4n) is 3.09.